The maximum Gasteiger partial charge on any atom is 0.326 e. The lowest BCUT2D eigenvalue weighted by Gasteiger charge is -2.19. The van der Waals surface area contributed by atoms with Gasteiger partial charge < -0.3 is 15.7 Å². The molecule has 2 atom stereocenters. The Labute approximate surface area is 113 Å². The number of rotatable bonds is 5. The third-order valence-electron chi connectivity index (χ3n) is 3.01. The largest absolute Gasteiger partial charge is 0.480 e. The Morgan fingerprint density at radius 1 is 1.26 bits per heavy atom. The number of carboxylic acids is 1. The first kappa shape index (κ1) is 15.0. The fourth-order valence-corrected chi connectivity index (χ4v) is 1.89. The van der Waals surface area contributed by atoms with Gasteiger partial charge >= 0.3 is 12.0 Å². The van der Waals surface area contributed by atoms with Crippen molar-refractivity contribution in [2.24, 2.45) is 0 Å². The average molecular weight is 264 g/mol. The molecule has 0 aromatic heterocycles. The maximum absolute atomic E-state index is 11.7. The lowest BCUT2D eigenvalue weighted by atomic mass is 10.0. The van der Waals surface area contributed by atoms with E-state index in [2.05, 4.69) is 10.6 Å². The third-order valence-corrected chi connectivity index (χ3v) is 3.01. The average Bonchev–Trinajstić information content (AvgIpc) is 2.35. The summed E-state index contributed by atoms with van der Waals surface area (Å²) in [5, 5.41) is 14.1. The Morgan fingerprint density at radius 2 is 1.89 bits per heavy atom. The molecule has 104 valence electrons. The van der Waals surface area contributed by atoms with Crippen LogP contribution < -0.4 is 10.6 Å². The van der Waals surface area contributed by atoms with Gasteiger partial charge in [0.2, 0.25) is 0 Å². The minimum absolute atomic E-state index is 0.174. The molecule has 0 radical (unpaired) electrons. The van der Waals surface area contributed by atoms with Crippen molar-refractivity contribution < 1.29 is 14.7 Å². The molecule has 1 aromatic rings. The SMILES string of the molecule is CC[C@@H](NC(=O)NC(C)c1ccccc1C)C(=O)O. The fourth-order valence-electron chi connectivity index (χ4n) is 1.89. The van der Waals surface area contributed by atoms with Crippen molar-refractivity contribution in [3.8, 4) is 0 Å². The van der Waals surface area contributed by atoms with Crippen molar-refractivity contribution in [2.75, 3.05) is 0 Å². The van der Waals surface area contributed by atoms with Crippen LogP contribution in [0.4, 0.5) is 4.79 Å². The summed E-state index contributed by atoms with van der Waals surface area (Å²) in [5.74, 6) is -1.03. The minimum atomic E-state index is -1.03. The summed E-state index contributed by atoms with van der Waals surface area (Å²) in [6, 6.07) is 6.25. The summed E-state index contributed by atoms with van der Waals surface area (Å²) in [4.78, 5) is 22.6. The second-order valence-electron chi connectivity index (χ2n) is 4.50. The summed E-state index contributed by atoms with van der Waals surface area (Å²) in [5.41, 5.74) is 2.10. The number of amides is 2. The van der Waals surface area contributed by atoms with Gasteiger partial charge in [0, 0.05) is 0 Å². The van der Waals surface area contributed by atoms with Crippen LogP contribution in [0.15, 0.2) is 24.3 Å². The Morgan fingerprint density at radius 3 is 2.42 bits per heavy atom. The Hall–Kier alpha value is -2.04. The van der Waals surface area contributed by atoms with Crippen molar-refractivity contribution in [1.82, 2.24) is 10.6 Å². The molecule has 2 amide bonds. The number of benzene rings is 1. The summed E-state index contributed by atoms with van der Waals surface area (Å²) < 4.78 is 0. The van der Waals surface area contributed by atoms with Crippen molar-refractivity contribution in [3.05, 3.63) is 35.4 Å². The summed E-state index contributed by atoms with van der Waals surface area (Å²) in [6.07, 6.45) is 0.349. The first-order valence-electron chi connectivity index (χ1n) is 6.31. The quantitative estimate of drug-likeness (QED) is 0.763. The smallest absolute Gasteiger partial charge is 0.326 e. The van der Waals surface area contributed by atoms with Gasteiger partial charge in [-0.25, -0.2) is 9.59 Å². The van der Waals surface area contributed by atoms with Crippen LogP contribution in [0.25, 0.3) is 0 Å². The van der Waals surface area contributed by atoms with E-state index in [9.17, 15) is 9.59 Å². The molecular weight excluding hydrogens is 244 g/mol. The van der Waals surface area contributed by atoms with Gasteiger partial charge in [-0.05, 0) is 31.4 Å². The lowest BCUT2D eigenvalue weighted by Crippen LogP contribution is -2.46. The van der Waals surface area contributed by atoms with Crippen LogP contribution in [-0.4, -0.2) is 23.1 Å². The first-order chi connectivity index (χ1) is 8.95. The van der Waals surface area contributed by atoms with Crippen LogP contribution in [-0.2, 0) is 4.79 Å². The number of hydrogen-bond acceptors (Lipinski definition) is 2. The van der Waals surface area contributed by atoms with E-state index >= 15 is 0 Å². The predicted octanol–water partition coefficient (Wildman–Crippen LogP) is 2.22. The van der Waals surface area contributed by atoms with Crippen molar-refractivity contribution in [3.63, 3.8) is 0 Å². The van der Waals surface area contributed by atoms with Gasteiger partial charge in [0.05, 0.1) is 6.04 Å². The van der Waals surface area contributed by atoms with Crippen LogP contribution in [0.3, 0.4) is 0 Å². The normalized spacial score (nSPS) is 13.4. The summed E-state index contributed by atoms with van der Waals surface area (Å²) >= 11 is 0. The van der Waals surface area contributed by atoms with Gasteiger partial charge in [0.15, 0.2) is 0 Å². The molecule has 0 bridgehead atoms. The highest BCUT2D eigenvalue weighted by atomic mass is 16.4. The zero-order valence-electron chi connectivity index (χ0n) is 11.4. The Bertz CT molecular complexity index is 460. The number of nitrogens with one attached hydrogen (secondary N) is 2. The van der Waals surface area contributed by atoms with E-state index in [0.29, 0.717) is 6.42 Å². The minimum Gasteiger partial charge on any atom is -0.480 e. The standard InChI is InChI=1S/C14H20N2O3/c1-4-12(13(17)18)16-14(19)15-10(3)11-8-6-5-7-9(11)2/h5-8,10,12H,4H2,1-3H3,(H,17,18)(H2,15,16,19)/t10?,12-/m1/s1. The molecule has 19 heavy (non-hydrogen) atoms. The van der Waals surface area contributed by atoms with E-state index in [1.807, 2.05) is 38.1 Å². The molecule has 0 saturated carbocycles. The van der Waals surface area contributed by atoms with Crippen molar-refractivity contribution in [2.45, 2.75) is 39.3 Å². The van der Waals surface area contributed by atoms with Gasteiger partial charge in [0.25, 0.3) is 0 Å². The predicted molar refractivity (Wildman–Crippen MR) is 73.0 cm³/mol. The lowest BCUT2D eigenvalue weighted by molar-refractivity contribution is -0.139. The molecular formula is C14H20N2O3. The molecule has 0 aliphatic rings. The highest BCUT2D eigenvalue weighted by Crippen LogP contribution is 2.16. The van der Waals surface area contributed by atoms with Crippen LogP contribution in [0.2, 0.25) is 0 Å². The molecule has 0 saturated heterocycles. The molecule has 5 nitrogen and oxygen atoms in total. The van der Waals surface area contributed by atoms with Gasteiger partial charge in [-0.1, -0.05) is 31.2 Å². The first-order valence-corrected chi connectivity index (χ1v) is 6.31. The van der Waals surface area contributed by atoms with Crippen LogP contribution in [0.1, 0.15) is 37.4 Å². The highest BCUT2D eigenvalue weighted by molar-refractivity contribution is 5.82. The molecule has 0 heterocycles. The fraction of sp³-hybridized carbons (Fsp3) is 0.429. The number of urea groups is 1. The van der Waals surface area contributed by atoms with Gasteiger partial charge in [-0.3, -0.25) is 0 Å². The highest BCUT2D eigenvalue weighted by Gasteiger charge is 2.19. The molecule has 0 aliphatic heterocycles. The maximum atomic E-state index is 11.7. The summed E-state index contributed by atoms with van der Waals surface area (Å²) in [7, 11) is 0. The molecule has 0 aliphatic carbocycles. The molecule has 1 rings (SSSR count). The zero-order valence-corrected chi connectivity index (χ0v) is 11.4. The zero-order chi connectivity index (χ0) is 14.4. The van der Waals surface area contributed by atoms with Crippen molar-refractivity contribution >= 4 is 12.0 Å². The molecule has 0 fully saturated rings. The van der Waals surface area contributed by atoms with E-state index in [0.717, 1.165) is 11.1 Å². The van der Waals surface area contributed by atoms with E-state index in [-0.39, 0.29) is 6.04 Å². The van der Waals surface area contributed by atoms with Gasteiger partial charge in [0.1, 0.15) is 6.04 Å². The third kappa shape index (κ3) is 4.28. The van der Waals surface area contributed by atoms with E-state index in [4.69, 9.17) is 5.11 Å². The van der Waals surface area contributed by atoms with E-state index in [1.54, 1.807) is 6.92 Å². The molecule has 1 aromatic carbocycles. The molecule has 1 unspecified atom stereocenters. The van der Waals surface area contributed by atoms with Crippen LogP contribution >= 0.6 is 0 Å². The molecule has 3 N–H and O–H groups in total. The second kappa shape index (κ2) is 6.78. The molecule has 5 heteroatoms. The van der Waals surface area contributed by atoms with E-state index in [1.165, 1.54) is 0 Å². The van der Waals surface area contributed by atoms with E-state index < -0.39 is 18.0 Å². The number of aliphatic carboxylic acids is 1. The van der Waals surface area contributed by atoms with Crippen LogP contribution in [0, 0.1) is 6.92 Å². The second-order valence-corrected chi connectivity index (χ2v) is 4.50. The Kier molecular flexibility index (Phi) is 5.36. The molecule has 0 spiro atoms. The number of carboxylic acid groups (broad SMARTS) is 1. The Balaban J connectivity index is 2.62. The topological polar surface area (TPSA) is 78.4 Å². The number of aryl methyl sites for hydroxylation is 1. The number of carbonyl (C=O) groups is 2. The van der Waals surface area contributed by atoms with Crippen LogP contribution in [0.5, 0.6) is 0 Å². The number of carbonyl (C=O) groups excluding carboxylic acids is 1. The monoisotopic (exact) mass is 264 g/mol. The van der Waals surface area contributed by atoms with Crippen molar-refractivity contribution in [1.29, 1.82) is 0 Å². The number of hydrogen-bond donors (Lipinski definition) is 3. The summed E-state index contributed by atoms with van der Waals surface area (Å²) in [6.45, 7) is 5.55. The van der Waals surface area contributed by atoms with Gasteiger partial charge in [-0.2, -0.15) is 0 Å². The van der Waals surface area contributed by atoms with Gasteiger partial charge in [-0.15, -0.1) is 0 Å².